The standard InChI is InChI=1S/C29H24ClN3O6/c1-16(2)39-29(38)20-9-6-12-23(15-20)33-27(36)24(30)25(28(33)37)31-21-10-5-8-19(14-21)26(35)32-22-11-4-7-18(13-22)17(3)34/h4-16,31H,1-3H3,(H,32,35). The van der Waals surface area contributed by atoms with Crippen LogP contribution in [0, 0.1) is 0 Å². The lowest BCUT2D eigenvalue weighted by Crippen LogP contribution is -2.32. The van der Waals surface area contributed by atoms with Gasteiger partial charge in [-0.1, -0.05) is 35.9 Å². The molecule has 1 heterocycles. The molecular formula is C29H24ClN3O6. The van der Waals surface area contributed by atoms with E-state index < -0.39 is 23.7 Å². The Labute approximate surface area is 229 Å². The van der Waals surface area contributed by atoms with Crippen LogP contribution < -0.4 is 15.5 Å². The number of esters is 1. The van der Waals surface area contributed by atoms with Crippen LogP contribution in [0.1, 0.15) is 51.8 Å². The lowest BCUT2D eigenvalue weighted by Gasteiger charge is -2.16. The van der Waals surface area contributed by atoms with E-state index in [9.17, 15) is 24.0 Å². The molecule has 0 fully saturated rings. The van der Waals surface area contributed by atoms with Crippen molar-refractivity contribution in [2.75, 3.05) is 15.5 Å². The Hall–Kier alpha value is -4.76. The molecule has 0 aromatic heterocycles. The summed E-state index contributed by atoms with van der Waals surface area (Å²) in [6.45, 7) is 4.85. The van der Waals surface area contributed by atoms with Gasteiger partial charge in [0.1, 0.15) is 10.7 Å². The molecule has 3 aromatic rings. The molecule has 39 heavy (non-hydrogen) atoms. The summed E-state index contributed by atoms with van der Waals surface area (Å²) in [5.41, 5.74) is 1.65. The minimum atomic E-state index is -0.766. The van der Waals surface area contributed by atoms with Gasteiger partial charge >= 0.3 is 5.97 Å². The molecule has 10 heteroatoms. The van der Waals surface area contributed by atoms with E-state index in [4.69, 9.17) is 16.3 Å². The summed E-state index contributed by atoms with van der Waals surface area (Å²) in [5.74, 6) is -2.66. The third-order valence-corrected chi connectivity index (χ3v) is 5.98. The molecule has 0 atom stereocenters. The summed E-state index contributed by atoms with van der Waals surface area (Å²) >= 11 is 6.25. The number of carbonyl (C=O) groups excluding carboxylic acids is 5. The Morgan fingerprint density at radius 1 is 0.821 bits per heavy atom. The van der Waals surface area contributed by atoms with Gasteiger partial charge in [0.15, 0.2) is 5.78 Å². The number of carbonyl (C=O) groups is 5. The summed E-state index contributed by atoms with van der Waals surface area (Å²) in [6, 6.07) is 18.7. The van der Waals surface area contributed by atoms with Gasteiger partial charge in [0, 0.05) is 22.5 Å². The van der Waals surface area contributed by atoms with E-state index in [2.05, 4.69) is 10.6 Å². The van der Waals surface area contributed by atoms with Crippen LogP contribution in [0.2, 0.25) is 0 Å². The molecule has 0 unspecified atom stereocenters. The van der Waals surface area contributed by atoms with Gasteiger partial charge in [0.25, 0.3) is 17.7 Å². The second-order valence-corrected chi connectivity index (χ2v) is 9.31. The number of hydrogen-bond donors (Lipinski definition) is 2. The van der Waals surface area contributed by atoms with Crippen LogP contribution >= 0.6 is 11.6 Å². The predicted molar refractivity (Wildman–Crippen MR) is 147 cm³/mol. The van der Waals surface area contributed by atoms with Crippen LogP contribution in [0.5, 0.6) is 0 Å². The van der Waals surface area contributed by atoms with E-state index in [0.29, 0.717) is 16.9 Å². The lowest BCUT2D eigenvalue weighted by atomic mass is 10.1. The number of nitrogens with zero attached hydrogens (tertiary/aromatic N) is 1. The fraction of sp³-hybridized carbons (Fsp3) is 0.138. The molecule has 0 bridgehead atoms. The van der Waals surface area contributed by atoms with Gasteiger partial charge in [0.05, 0.1) is 17.4 Å². The zero-order chi connectivity index (χ0) is 28.3. The number of ketones is 1. The maximum Gasteiger partial charge on any atom is 0.338 e. The molecule has 0 saturated carbocycles. The highest BCUT2D eigenvalue weighted by Crippen LogP contribution is 2.31. The Kier molecular flexibility index (Phi) is 7.92. The molecule has 1 aliphatic rings. The van der Waals surface area contributed by atoms with E-state index in [1.54, 1.807) is 56.3 Å². The van der Waals surface area contributed by atoms with Gasteiger partial charge in [0.2, 0.25) is 0 Å². The van der Waals surface area contributed by atoms with Crippen LogP contribution in [0.4, 0.5) is 17.1 Å². The highest BCUT2D eigenvalue weighted by molar-refractivity contribution is 6.53. The molecule has 0 radical (unpaired) electrons. The van der Waals surface area contributed by atoms with Gasteiger partial charge in [-0.05, 0) is 69.3 Å². The molecule has 4 rings (SSSR count). The van der Waals surface area contributed by atoms with E-state index in [-0.39, 0.29) is 39.4 Å². The molecule has 3 aromatic carbocycles. The summed E-state index contributed by atoms with van der Waals surface area (Å²) in [4.78, 5) is 63.7. The number of imide groups is 1. The number of halogens is 1. The first-order chi connectivity index (χ1) is 18.5. The fourth-order valence-electron chi connectivity index (χ4n) is 3.80. The molecule has 0 saturated heterocycles. The first-order valence-electron chi connectivity index (χ1n) is 11.9. The Balaban J connectivity index is 1.52. The number of hydrogen-bond acceptors (Lipinski definition) is 7. The van der Waals surface area contributed by atoms with E-state index in [1.807, 2.05) is 0 Å². The van der Waals surface area contributed by atoms with Crippen molar-refractivity contribution >= 4 is 58.1 Å². The van der Waals surface area contributed by atoms with E-state index in [1.165, 1.54) is 37.3 Å². The van der Waals surface area contributed by atoms with Crippen molar-refractivity contribution in [1.29, 1.82) is 0 Å². The third kappa shape index (κ3) is 6.05. The smallest absolute Gasteiger partial charge is 0.338 e. The molecule has 0 aliphatic carbocycles. The summed E-state index contributed by atoms with van der Waals surface area (Å²) in [5, 5.41) is 5.22. The molecule has 198 valence electrons. The first kappa shape index (κ1) is 27.3. The number of amides is 3. The number of benzene rings is 3. The highest BCUT2D eigenvalue weighted by Gasteiger charge is 2.39. The van der Waals surface area contributed by atoms with E-state index in [0.717, 1.165) is 4.90 Å². The average Bonchev–Trinajstić information content (AvgIpc) is 3.11. The van der Waals surface area contributed by atoms with Crippen LogP contribution in [0.15, 0.2) is 83.5 Å². The number of Topliss-reactive ketones (excluding diaryl/α,β-unsaturated/α-hetero) is 1. The average molecular weight is 546 g/mol. The Morgan fingerprint density at radius 3 is 2.13 bits per heavy atom. The third-order valence-electron chi connectivity index (χ3n) is 5.63. The van der Waals surface area contributed by atoms with Crippen molar-refractivity contribution in [2.24, 2.45) is 0 Å². The number of ether oxygens (including phenoxy) is 1. The Bertz CT molecular complexity index is 1550. The van der Waals surface area contributed by atoms with Crippen LogP contribution in [0.3, 0.4) is 0 Å². The fourth-order valence-corrected chi connectivity index (χ4v) is 4.01. The van der Waals surface area contributed by atoms with Crippen molar-refractivity contribution in [3.8, 4) is 0 Å². The summed E-state index contributed by atoms with van der Waals surface area (Å²) in [6.07, 6.45) is -0.341. The Morgan fingerprint density at radius 2 is 1.44 bits per heavy atom. The second kappa shape index (κ2) is 11.3. The quantitative estimate of drug-likeness (QED) is 0.228. The molecular weight excluding hydrogens is 522 g/mol. The van der Waals surface area contributed by atoms with Crippen molar-refractivity contribution < 1.29 is 28.7 Å². The molecule has 0 spiro atoms. The largest absolute Gasteiger partial charge is 0.459 e. The number of rotatable bonds is 8. The SMILES string of the molecule is CC(=O)c1cccc(NC(=O)c2cccc(NC3=C(Cl)C(=O)N(c4cccc(C(=O)OC(C)C)c4)C3=O)c2)c1. The lowest BCUT2D eigenvalue weighted by molar-refractivity contribution is -0.120. The normalized spacial score (nSPS) is 13.1. The van der Waals surface area contributed by atoms with Gasteiger partial charge in [-0.25, -0.2) is 9.69 Å². The predicted octanol–water partition coefficient (Wildman–Crippen LogP) is 5.14. The molecule has 3 amide bonds. The topological polar surface area (TPSA) is 122 Å². The minimum Gasteiger partial charge on any atom is -0.459 e. The van der Waals surface area contributed by atoms with Crippen molar-refractivity contribution in [1.82, 2.24) is 0 Å². The van der Waals surface area contributed by atoms with Crippen molar-refractivity contribution in [3.05, 3.63) is 100 Å². The second-order valence-electron chi connectivity index (χ2n) is 8.94. The summed E-state index contributed by atoms with van der Waals surface area (Å²) < 4.78 is 5.19. The van der Waals surface area contributed by atoms with E-state index >= 15 is 0 Å². The van der Waals surface area contributed by atoms with Crippen molar-refractivity contribution in [3.63, 3.8) is 0 Å². The van der Waals surface area contributed by atoms with Gasteiger partial charge in [-0.3, -0.25) is 19.2 Å². The van der Waals surface area contributed by atoms with Gasteiger partial charge < -0.3 is 15.4 Å². The van der Waals surface area contributed by atoms with Crippen LogP contribution in [0.25, 0.3) is 0 Å². The van der Waals surface area contributed by atoms with Gasteiger partial charge in [-0.15, -0.1) is 0 Å². The summed E-state index contributed by atoms with van der Waals surface area (Å²) in [7, 11) is 0. The zero-order valence-corrected chi connectivity index (χ0v) is 22.0. The van der Waals surface area contributed by atoms with Crippen molar-refractivity contribution in [2.45, 2.75) is 26.9 Å². The molecule has 9 nitrogen and oxygen atoms in total. The highest BCUT2D eigenvalue weighted by atomic mass is 35.5. The van der Waals surface area contributed by atoms with Gasteiger partial charge in [-0.2, -0.15) is 0 Å². The van der Waals surface area contributed by atoms with Crippen LogP contribution in [-0.4, -0.2) is 35.6 Å². The maximum absolute atomic E-state index is 13.2. The minimum absolute atomic E-state index is 0.130. The molecule has 1 aliphatic heterocycles. The number of nitrogens with one attached hydrogen (secondary N) is 2. The molecule has 2 N–H and O–H groups in total. The van der Waals surface area contributed by atoms with Crippen LogP contribution in [-0.2, 0) is 14.3 Å². The first-order valence-corrected chi connectivity index (χ1v) is 12.3. The monoisotopic (exact) mass is 545 g/mol. The zero-order valence-electron chi connectivity index (χ0n) is 21.3. The number of anilines is 3. The maximum atomic E-state index is 13.2.